The quantitative estimate of drug-likeness (QED) is 0.280. The van der Waals surface area contributed by atoms with Gasteiger partial charge in [0.15, 0.2) is 41.1 Å². The first-order valence-corrected chi connectivity index (χ1v) is 5.40. The largest absolute Gasteiger partial charge is 0.238 e. The van der Waals surface area contributed by atoms with Crippen LogP contribution in [0.4, 0.5) is 30.7 Å². The fourth-order valence-corrected chi connectivity index (χ4v) is 2.30. The molecule has 98 valence electrons. The molecule has 0 fully saturated rings. The van der Waals surface area contributed by atoms with Crippen molar-refractivity contribution < 1.29 is 30.7 Å². The summed E-state index contributed by atoms with van der Waals surface area (Å²) in [4.78, 5) is -1.85. The smallest absolute Gasteiger partial charge is 0.198 e. The molecular formula is C10H2BrF7. The lowest BCUT2D eigenvalue weighted by molar-refractivity contribution is 0.304. The summed E-state index contributed by atoms with van der Waals surface area (Å²) in [5, 5.41) is 0. The molecular weight excluding hydrogens is 333 g/mol. The second-order valence-corrected chi connectivity index (χ2v) is 4.50. The van der Waals surface area contributed by atoms with Gasteiger partial charge in [0.1, 0.15) is 0 Å². The van der Waals surface area contributed by atoms with Crippen LogP contribution < -0.4 is 0 Å². The zero-order valence-electron chi connectivity index (χ0n) is 8.18. The third-order valence-electron chi connectivity index (χ3n) is 2.51. The Kier molecular flexibility index (Phi) is 3.16. The molecule has 0 radical (unpaired) electrons. The first kappa shape index (κ1) is 13.4. The minimum Gasteiger partial charge on any atom is -0.238 e. The van der Waals surface area contributed by atoms with Crippen LogP contribution in [-0.2, 0) is 0 Å². The lowest BCUT2D eigenvalue weighted by Gasteiger charge is -2.24. The lowest BCUT2D eigenvalue weighted by Crippen LogP contribution is -2.21. The van der Waals surface area contributed by atoms with Crippen molar-refractivity contribution in [2.45, 2.75) is 11.0 Å². The van der Waals surface area contributed by atoms with Crippen molar-refractivity contribution in [1.82, 2.24) is 0 Å². The molecule has 0 nitrogen and oxygen atoms in total. The maximum absolute atomic E-state index is 13.4. The molecule has 1 aromatic carbocycles. The molecule has 0 saturated carbocycles. The molecule has 0 amide bonds. The zero-order valence-corrected chi connectivity index (χ0v) is 9.76. The van der Waals surface area contributed by atoms with Gasteiger partial charge in [0.05, 0.1) is 10.4 Å². The summed E-state index contributed by atoms with van der Waals surface area (Å²) in [5.41, 5.74) is -2.57. The second-order valence-electron chi connectivity index (χ2n) is 3.51. The Morgan fingerprint density at radius 3 is 1.83 bits per heavy atom. The van der Waals surface area contributed by atoms with E-state index < -0.39 is 57.0 Å². The number of hydrogen-bond acceptors (Lipinski definition) is 0. The molecule has 0 aromatic heterocycles. The molecule has 2 atom stereocenters. The Morgan fingerprint density at radius 1 is 0.778 bits per heavy atom. The van der Waals surface area contributed by atoms with E-state index in [-0.39, 0.29) is 0 Å². The van der Waals surface area contributed by atoms with Crippen molar-refractivity contribution in [2.24, 2.45) is 0 Å². The highest BCUT2D eigenvalue weighted by Gasteiger charge is 2.42. The zero-order chi connectivity index (χ0) is 13.8. The van der Waals surface area contributed by atoms with Gasteiger partial charge in [0.25, 0.3) is 0 Å². The van der Waals surface area contributed by atoms with Crippen LogP contribution in [0.5, 0.6) is 0 Å². The van der Waals surface area contributed by atoms with Gasteiger partial charge in [0, 0.05) is 5.56 Å². The van der Waals surface area contributed by atoms with Gasteiger partial charge >= 0.3 is 0 Å². The van der Waals surface area contributed by atoms with Crippen molar-refractivity contribution >= 4 is 21.8 Å². The Hall–Kier alpha value is -1.05. The highest BCUT2D eigenvalue weighted by atomic mass is 79.9. The van der Waals surface area contributed by atoms with Crippen molar-refractivity contribution in [3.05, 3.63) is 40.2 Å². The summed E-state index contributed by atoms with van der Waals surface area (Å²) >= 11 is 2.45. The highest BCUT2D eigenvalue weighted by Crippen LogP contribution is 2.47. The van der Waals surface area contributed by atoms with E-state index in [0.29, 0.717) is 0 Å². The minimum absolute atomic E-state index is 1.13. The number of halogens is 8. The maximum Gasteiger partial charge on any atom is 0.198 e. The number of rotatable bonds is 0. The first-order chi connectivity index (χ1) is 8.29. The molecule has 0 bridgehead atoms. The standard InChI is InChI=1S/C10H2BrF7/c11-3-1-2(5(13)8(16)7(3)15)6(14)10(18)9(17)4(1)12/h3,7H. The summed E-state index contributed by atoms with van der Waals surface area (Å²) in [6.45, 7) is 0. The third-order valence-corrected chi connectivity index (χ3v) is 3.43. The minimum atomic E-state index is -2.66. The van der Waals surface area contributed by atoms with Crippen LogP contribution in [0.1, 0.15) is 16.0 Å². The predicted octanol–water partition coefficient (Wildman–Crippen LogP) is 4.64. The van der Waals surface area contributed by atoms with Gasteiger partial charge in [-0.3, -0.25) is 0 Å². The van der Waals surface area contributed by atoms with Crippen molar-refractivity contribution in [3.63, 3.8) is 0 Å². The average molecular weight is 335 g/mol. The van der Waals surface area contributed by atoms with E-state index in [0.717, 1.165) is 0 Å². The molecule has 1 aliphatic carbocycles. The number of benzene rings is 1. The van der Waals surface area contributed by atoms with E-state index in [1.54, 1.807) is 0 Å². The number of fused-ring (bicyclic) bond motifs is 1. The van der Waals surface area contributed by atoms with Crippen molar-refractivity contribution in [3.8, 4) is 0 Å². The van der Waals surface area contributed by atoms with E-state index in [2.05, 4.69) is 15.9 Å². The SMILES string of the molecule is FC1=C(F)C(F)C(Br)c2c(F)c(F)c(F)c(F)c21. The van der Waals surface area contributed by atoms with E-state index in [9.17, 15) is 30.7 Å². The highest BCUT2D eigenvalue weighted by molar-refractivity contribution is 9.09. The normalized spacial score (nSPS) is 23.3. The molecule has 2 rings (SSSR count). The fourth-order valence-electron chi connectivity index (χ4n) is 1.64. The Bertz CT molecular complexity index is 566. The Morgan fingerprint density at radius 2 is 1.28 bits per heavy atom. The molecule has 2 unspecified atom stereocenters. The molecule has 0 saturated heterocycles. The monoisotopic (exact) mass is 334 g/mol. The molecule has 0 spiro atoms. The first-order valence-electron chi connectivity index (χ1n) is 4.48. The van der Waals surface area contributed by atoms with Gasteiger partial charge in [-0.05, 0) is 0 Å². The molecule has 0 aliphatic heterocycles. The summed E-state index contributed by atoms with van der Waals surface area (Å²) in [5.74, 6) is -12.6. The fraction of sp³-hybridized carbons (Fsp3) is 0.200. The van der Waals surface area contributed by atoms with Gasteiger partial charge in [-0.15, -0.1) is 0 Å². The van der Waals surface area contributed by atoms with E-state index in [4.69, 9.17) is 0 Å². The second kappa shape index (κ2) is 4.25. The van der Waals surface area contributed by atoms with E-state index in [1.165, 1.54) is 0 Å². The van der Waals surface area contributed by atoms with Crippen molar-refractivity contribution in [2.75, 3.05) is 0 Å². The molecule has 18 heavy (non-hydrogen) atoms. The Labute approximate surface area is 104 Å². The Balaban J connectivity index is 2.92. The molecule has 8 heteroatoms. The lowest BCUT2D eigenvalue weighted by atomic mass is 9.93. The number of hydrogen-bond donors (Lipinski definition) is 0. The van der Waals surface area contributed by atoms with Crippen LogP contribution in [0.3, 0.4) is 0 Å². The summed E-state index contributed by atoms with van der Waals surface area (Å²) in [6, 6.07) is 0. The van der Waals surface area contributed by atoms with Crippen LogP contribution in [0.2, 0.25) is 0 Å². The van der Waals surface area contributed by atoms with Gasteiger partial charge < -0.3 is 0 Å². The van der Waals surface area contributed by atoms with Crippen LogP contribution in [0, 0.1) is 23.3 Å². The van der Waals surface area contributed by atoms with Crippen LogP contribution in [0.15, 0.2) is 5.83 Å². The van der Waals surface area contributed by atoms with Crippen molar-refractivity contribution in [1.29, 1.82) is 0 Å². The molecule has 0 heterocycles. The average Bonchev–Trinajstić information content (AvgIpc) is 2.35. The number of allylic oxidation sites excluding steroid dienone is 1. The third kappa shape index (κ3) is 1.58. The summed E-state index contributed by atoms with van der Waals surface area (Å²) < 4.78 is 92.0. The van der Waals surface area contributed by atoms with E-state index >= 15 is 0 Å². The molecule has 0 N–H and O–H groups in total. The maximum atomic E-state index is 13.4. The van der Waals surface area contributed by atoms with E-state index in [1.807, 2.05) is 0 Å². The van der Waals surface area contributed by atoms with Gasteiger partial charge in [-0.25, -0.2) is 30.7 Å². The molecule has 1 aromatic rings. The molecule has 1 aliphatic rings. The summed E-state index contributed by atoms with van der Waals surface area (Å²) in [7, 11) is 0. The van der Waals surface area contributed by atoms with Gasteiger partial charge in [0.2, 0.25) is 0 Å². The van der Waals surface area contributed by atoms with Crippen LogP contribution in [-0.4, -0.2) is 6.17 Å². The van der Waals surface area contributed by atoms with Crippen LogP contribution >= 0.6 is 15.9 Å². The van der Waals surface area contributed by atoms with Gasteiger partial charge in [-0.2, -0.15) is 0 Å². The van der Waals surface area contributed by atoms with Gasteiger partial charge in [-0.1, -0.05) is 15.9 Å². The van der Waals surface area contributed by atoms with Crippen LogP contribution in [0.25, 0.3) is 5.83 Å². The predicted molar refractivity (Wildman–Crippen MR) is 52.0 cm³/mol. The number of alkyl halides is 2. The topological polar surface area (TPSA) is 0 Å². The summed E-state index contributed by atoms with van der Waals surface area (Å²) in [6.07, 6.45) is -2.66.